The molecule has 1 amide bonds. The first kappa shape index (κ1) is 21.6. The Morgan fingerprint density at radius 2 is 1.91 bits per heavy atom. The molecular weight excluding hydrogens is 398 g/mol. The maximum Gasteiger partial charge on any atom is 0.227 e. The fourth-order valence-corrected chi connectivity index (χ4v) is 4.00. The standard InChI is InChI=1S/C27H27N3O2/c1-27(2,3)21-5-4-6-22(15-21)30-26(31)19-8-7-18-9-10-24(14-20(18)13-19)32-25-11-12-29-23(16-25)17-28/h4-6,9-12,14-16,19H,7-8,13H2,1-3H3,(H,30,31). The van der Waals surface area contributed by atoms with E-state index in [2.05, 4.69) is 49.3 Å². The second kappa shape index (κ2) is 8.84. The SMILES string of the molecule is CC(C)(C)c1cccc(NC(=O)C2CCc3ccc(Oc4ccnc(C#N)c4)cc3C2)c1. The fraction of sp³-hybridized carbons (Fsp3) is 0.296. The van der Waals surface area contributed by atoms with E-state index in [1.807, 2.05) is 30.3 Å². The van der Waals surface area contributed by atoms with Gasteiger partial charge in [0.15, 0.2) is 0 Å². The van der Waals surface area contributed by atoms with Gasteiger partial charge >= 0.3 is 0 Å². The van der Waals surface area contributed by atoms with E-state index in [0.29, 0.717) is 23.6 Å². The highest BCUT2D eigenvalue weighted by Crippen LogP contribution is 2.32. The van der Waals surface area contributed by atoms with Gasteiger partial charge in [0.25, 0.3) is 0 Å². The first-order valence-corrected chi connectivity index (χ1v) is 10.9. The molecule has 1 heterocycles. The summed E-state index contributed by atoms with van der Waals surface area (Å²) in [4.78, 5) is 17.0. The Morgan fingerprint density at radius 1 is 1.09 bits per heavy atom. The number of carbonyl (C=O) groups is 1. The molecule has 1 atom stereocenters. The molecule has 2 aromatic carbocycles. The monoisotopic (exact) mass is 425 g/mol. The van der Waals surface area contributed by atoms with Crippen LogP contribution in [0.5, 0.6) is 11.5 Å². The zero-order valence-corrected chi connectivity index (χ0v) is 18.7. The van der Waals surface area contributed by atoms with Gasteiger partial charge in [-0.25, -0.2) is 4.98 Å². The van der Waals surface area contributed by atoms with Crippen LogP contribution in [0.4, 0.5) is 5.69 Å². The van der Waals surface area contributed by atoms with E-state index in [1.165, 1.54) is 11.1 Å². The molecule has 5 heteroatoms. The second-order valence-corrected chi connectivity index (χ2v) is 9.28. The number of carbonyl (C=O) groups excluding carboxylic acids is 1. The lowest BCUT2D eigenvalue weighted by atomic mass is 9.83. The number of ether oxygens (including phenoxy) is 1. The molecule has 162 valence electrons. The van der Waals surface area contributed by atoms with Gasteiger partial charge in [0.05, 0.1) is 0 Å². The summed E-state index contributed by atoms with van der Waals surface area (Å²) in [7, 11) is 0. The summed E-state index contributed by atoms with van der Waals surface area (Å²) in [6.45, 7) is 6.50. The van der Waals surface area contributed by atoms with Crippen molar-refractivity contribution in [3.8, 4) is 17.6 Å². The summed E-state index contributed by atoms with van der Waals surface area (Å²) < 4.78 is 5.93. The molecule has 1 unspecified atom stereocenters. The van der Waals surface area contributed by atoms with E-state index in [-0.39, 0.29) is 17.2 Å². The van der Waals surface area contributed by atoms with Crippen LogP contribution in [-0.4, -0.2) is 10.9 Å². The number of nitriles is 1. The van der Waals surface area contributed by atoms with Crippen molar-refractivity contribution in [1.82, 2.24) is 4.98 Å². The zero-order chi connectivity index (χ0) is 22.7. The van der Waals surface area contributed by atoms with Crippen molar-refractivity contribution in [2.24, 2.45) is 5.92 Å². The van der Waals surface area contributed by atoms with Crippen LogP contribution in [0.25, 0.3) is 0 Å². The van der Waals surface area contributed by atoms with Crippen LogP contribution in [0.1, 0.15) is 49.6 Å². The van der Waals surface area contributed by atoms with Crippen LogP contribution in [0.15, 0.2) is 60.8 Å². The predicted molar refractivity (Wildman–Crippen MR) is 125 cm³/mol. The lowest BCUT2D eigenvalue weighted by Crippen LogP contribution is -2.28. The van der Waals surface area contributed by atoms with Crippen molar-refractivity contribution in [3.63, 3.8) is 0 Å². The van der Waals surface area contributed by atoms with Gasteiger partial charge in [-0.15, -0.1) is 0 Å². The molecule has 5 nitrogen and oxygen atoms in total. The molecule has 4 rings (SSSR count). The van der Waals surface area contributed by atoms with Gasteiger partial charge in [0.1, 0.15) is 23.3 Å². The molecule has 1 aromatic heterocycles. The molecule has 0 spiro atoms. The number of amides is 1. The lowest BCUT2D eigenvalue weighted by Gasteiger charge is -2.25. The van der Waals surface area contributed by atoms with Gasteiger partial charge in [-0.1, -0.05) is 39.0 Å². The normalized spacial score (nSPS) is 15.4. The average molecular weight is 426 g/mol. The van der Waals surface area contributed by atoms with E-state index in [0.717, 1.165) is 24.1 Å². The minimum Gasteiger partial charge on any atom is -0.457 e. The minimum atomic E-state index is -0.0813. The third-order valence-electron chi connectivity index (χ3n) is 5.85. The summed E-state index contributed by atoms with van der Waals surface area (Å²) in [5.74, 6) is 1.24. The number of hydrogen-bond donors (Lipinski definition) is 1. The Labute approximate surface area is 189 Å². The summed E-state index contributed by atoms with van der Waals surface area (Å²) in [6.07, 6.45) is 3.93. The average Bonchev–Trinajstić information content (AvgIpc) is 2.78. The number of pyridine rings is 1. The number of benzene rings is 2. The lowest BCUT2D eigenvalue weighted by molar-refractivity contribution is -0.120. The molecule has 0 saturated carbocycles. The Hall–Kier alpha value is -3.65. The number of aromatic nitrogens is 1. The molecular formula is C27H27N3O2. The Kier molecular flexibility index (Phi) is 5.96. The van der Waals surface area contributed by atoms with Crippen LogP contribution in [0, 0.1) is 17.2 Å². The maximum atomic E-state index is 13.0. The topological polar surface area (TPSA) is 75.0 Å². The number of hydrogen-bond acceptors (Lipinski definition) is 4. The molecule has 0 bridgehead atoms. The number of rotatable bonds is 4. The first-order valence-electron chi connectivity index (χ1n) is 10.9. The quantitative estimate of drug-likeness (QED) is 0.574. The molecule has 1 aliphatic rings. The second-order valence-electron chi connectivity index (χ2n) is 9.28. The van der Waals surface area contributed by atoms with Crippen molar-refractivity contribution >= 4 is 11.6 Å². The number of aryl methyl sites for hydroxylation is 1. The van der Waals surface area contributed by atoms with Gasteiger partial charge in [-0.05, 0) is 71.7 Å². The van der Waals surface area contributed by atoms with Crippen LogP contribution >= 0.6 is 0 Å². The molecule has 0 aliphatic heterocycles. The minimum absolute atomic E-state index is 0.0315. The van der Waals surface area contributed by atoms with Crippen molar-refractivity contribution < 1.29 is 9.53 Å². The van der Waals surface area contributed by atoms with Gasteiger partial charge < -0.3 is 10.1 Å². The largest absolute Gasteiger partial charge is 0.457 e. The third-order valence-corrected chi connectivity index (χ3v) is 5.85. The van der Waals surface area contributed by atoms with Gasteiger partial charge in [0, 0.05) is 23.9 Å². The highest BCUT2D eigenvalue weighted by molar-refractivity contribution is 5.93. The summed E-state index contributed by atoms with van der Waals surface area (Å²) in [5, 5.41) is 12.1. The van der Waals surface area contributed by atoms with Gasteiger partial charge in [0.2, 0.25) is 5.91 Å². The number of nitrogens with one attached hydrogen (secondary N) is 1. The molecule has 1 N–H and O–H groups in total. The van der Waals surface area contributed by atoms with Crippen LogP contribution in [0.2, 0.25) is 0 Å². The van der Waals surface area contributed by atoms with Crippen molar-refractivity contribution in [3.05, 3.63) is 83.2 Å². The van der Waals surface area contributed by atoms with Crippen LogP contribution in [-0.2, 0) is 23.1 Å². The smallest absolute Gasteiger partial charge is 0.227 e. The number of fused-ring (bicyclic) bond motifs is 1. The van der Waals surface area contributed by atoms with E-state index in [1.54, 1.807) is 18.3 Å². The molecule has 3 aromatic rings. The zero-order valence-electron chi connectivity index (χ0n) is 18.7. The van der Waals surface area contributed by atoms with Crippen molar-refractivity contribution in [2.45, 2.75) is 45.4 Å². The Morgan fingerprint density at radius 3 is 2.69 bits per heavy atom. The predicted octanol–water partition coefficient (Wildman–Crippen LogP) is 5.79. The van der Waals surface area contributed by atoms with E-state index >= 15 is 0 Å². The summed E-state index contributed by atoms with van der Waals surface area (Å²) >= 11 is 0. The summed E-state index contributed by atoms with van der Waals surface area (Å²) in [5.41, 5.74) is 4.77. The first-order chi connectivity index (χ1) is 15.3. The third kappa shape index (κ3) is 4.97. The Balaban J connectivity index is 1.46. The maximum absolute atomic E-state index is 13.0. The molecule has 32 heavy (non-hydrogen) atoms. The highest BCUT2D eigenvalue weighted by Gasteiger charge is 2.25. The van der Waals surface area contributed by atoms with Crippen molar-refractivity contribution in [2.75, 3.05) is 5.32 Å². The van der Waals surface area contributed by atoms with Gasteiger partial charge in [-0.3, -0.25) is 4.79 Å². The highest BCUT2D eigenvalue weighted by atomic mass is 16.5. The van der Waals surface area contributed by atoms with E-state index < -0.39 is 0 Å². The van der Waals surface area contributed by atoms with E-state index in [4.69, 9.17) is 10.00 Å². The number of nitrogens with zero attached hydrogens (tertiary/aromatic N) is 2. The number of anilines is 1. The molecule has 0 radical (unpaired) electrons. The van der Waals surface area contributed by atoms with Crippen molar-refractivity contribution in [1.29, 1.82) is 5.26 Å². The summed E-state index contributed by atoms with van der Waals surface area (Å²) in [6, 6.07) is 19.4. The van der Waals surface area contributed by atoms with E-state index in [9.17, 15) is 4.79 Å². The van der Waals surface area contributed by atoms with Crippen LogP contribution in [0.3, 0.4) is 0 Å². The van der Waals surface area contributed by atoms with Gasteiger partial charge in [-0.2, -0.15) is 5.26 Å². The molecule has 0 saturated heterocycles. The fourth-order valence-electron chi connectivity index (χ4n) is 4.00. The molecule has 1 aliphatic carbocycles. The van der Waals surface area contributed by atoms with Crippen LogP contribution < -0.4 is 10.1 Å². The molecule has 0 fully saturated rings. The Bertz CT molecular complexity index is 1190.